The molecule has 0 aliphatic carbocycles. The molecule has 0 N–H and O–H groups in total. The van der Waals surface area contributed by atoms with Gasteiger partial charge in [0, 0.05) is 12.0 Å². The summed E-state index contributed by atoms with van der Waals surface area (Å²) in [6, 6.07) is 8.61. The molecule has 2 rings (SSSR count). The molecule has 0 radical (unpaired) electrons. The number of ketones is 1. The molecule has 0 aliphatic heterocycles. The fourth-order valence-corrected chi connectivity index (χ4v) is 1.91. The van der Waals surface area contributed by atoms with Crippen LogP contribution >= 0.6 is 0 Å². The lowest BCUT2D eigenvalue weighted by molar-refractivity contribution is -0.137. The molecule has 0 fully saturated rings. The van der Waals surface area contributed by atoms with Crippen LogP contribution in [-0.2, 0) is 12.6 Å². The van der Waals surface area contributed by atoms with Crippen LogP contribution in [-0.4, -0.2) is 5.78 Å². The first-order valence-corrected chi connectivity index (χ1v) is 6.23. The lowest BCUT2D eigenvalue weighted by Crippen LogP contribution is -2.08. The number of rotatable bonds is 3. The van der Waals surface area contributed by atoms with Crippen molar-refractivity contribution in [2.45, 2.75) is 19.5 Å². The van der Waals surface area contributed by atoms with E-state index in [0.717, 1.165) is 18.2 Å². The SMILES string of the molecule is Cc1ccc(C(=O)Cc2cccc(C(F)(F)F)c2)cc1F. The van der Waals surface area contributed by atoms with Crippen LogP contribution in [0.4, 0.5) is 17.6 Å². The van der Waals surface area contributed by atoms with E-state index in [1.807, 2.05) is 0 Å². The zero-order valence-electron chi connectivity index (χ0n) is 11.2. The van der Waals surface area contributed by atoms with Crippen LogP contribution in [0.1, 0.15) is 27.0 Å². The van der Waals surface area contributed by atoms with Gasteiger partial charge in [-0.2, -0.15) is 13.2 Å². The summed E-state index contributed by atoms with van der Waals surface area (Å²) >= 11 is 0. The summed E-state index contributed by atoms with van der Waals surface area (Å²) in [5.41, 5.74) is -0.000162. The maximum absolute atomic E-state index is 13.4. The minimum atomic E-state index is -4.45. The van der Waals surface area contributed by atoms with Crippen LogP contribution in [0, 0.1) is 12.7 Å². The van der Waals surface area contributed by atoms with Crippen molar-refractivity contribution in [3.63, 3.8) is 0 Å². The van der Waals surface area contributed by atoms with Crippen molar-refractivity contribution in [2.24, 2.45) is 0 Å². The molecule has 0 saturated carbocycles. The van der Waals surface area contributed by atoms with Gasteiger partial charge in [0.15, 0.2) is 5.78 Å². The largest absolute Gasteiger partial charge is 0.416 e. The lowest BCUT2D eigenvalue weighted by Gasteiger charge is -2.08. The molecular weight excluding hydrogens is 284 g/mol. The molecule has 1 nitrogen and oxygen atoms in total. The third-order valence-corrected chi connectivity index (χ3v) is 3.11. The fraction of sp³-hybridized carbons (Fsp3) is 0.188. The second-order valence-electron chi connectivity index (χ2n) is 4.76. The van der Waals surface area contributed by atoms with E-state index in [1.165, 1.54) is 24.3 Å². The minimum absolute atomic E-state index is 0.149. The number of Topliss-reactive ketones (excluding diaryl/α,β-unsaturated/α-hetero) is 1. The zero-order valence-corrected chi connectivity index (χ0v) is 11.2. The van der Waals surface area contributed by atoms with Crippen molar-refractivity contribution in [3.05, 3.63) is 70.5 Å². The van der Waals surface area contributed by atoms with Crippen molar-refractivity contribution in [2.75, 3.05) is 0 Å². The van der Waals surface area contributed by atoms with Crippen LogP contribution in [0.15, 0.2) is 42.5 Å². The summed E-state index contributed by atoms with van der Waals surface area (Å²) in [6.07, 6.45) is -4.65. The molecule has 0 aromatic heterocycles. The first-order valence-electron chi connectivity index (χ1n) is 6.23. The van der Waals surface area contributed by atoms with Gasteiger partial charge in [-0.1, -0.05) is 30.3 Å². The number of hydrogen-bond acceptors (Lipinski definition) is 1. The quantitative estimate of drug-likeness (QED) is 0.598. The topological polar surface area (TPSA) is 17.1 Å². The maximum atomic E-state index is 13.4. The van der Waals surface area contributed by atoms with Gasteiger partial charge in [-0.3, -0.25) is 4.79 Å². The highest BCUT2D eigenvalue weighted by molar-refractivity contribution is 5.97. The Labute approximate surface area is 119 Å². The molecule has 0 unspecified atom stereocenters. The van der Waals surface area contributed by atoms with Crippen LogP contribution in [0.3, 0.4) is 0 Å². The van der Waals surface area contributed by atoms with Gasteiger partial charge in [0.05, 0.1) is 5.56 Å². The van der Waals surface area contributed by atoms with Gasteiger partial charge >= 0.3 is 6.18 Å². The third kappa shape index (κ3) is 3.68. The summed E-state index contributed by atoms with van der Waals surface area (Å²) in [5.74, 6) is -0.932. The second kappa shape index (κ2) is 5.68. The molecular formula is C16H12F4O. The van der Waals surface area contributed by atoms with Gasteiger partial charge < -0.3 is 0 Å². The number of aryl methyl sites for hydroxylation is 1. The average Bonchev–Trinajstić information content (AvgIpc) is 2.41. The molecule has 110 valence electrons. The molecule has 0 spiro atoms. The minimum Gasteiger partial charge on any atom is -0.294 e. The maximum Gasteiger partial charge on any atom is 0.416 e. The van der Waals surface area contributed by atoms with E-state index in [0.29, 0.717) is 5.56 Å². The Bertz CT molecular complexity index is 674. The first-order chi connectivity index (χ1) is 9.77. The first kappa shape index (κ1) is 15.2. The summed E-state index contributed by atoms with van der Waals surface area (Å²) < 4.78 is 51.2. The molecule has 0 saturated heterocycles. The Morgan fingerprint density at radius 3 is 2.43 bits per heavy atom. The predicted molar refractivity (Wildman–Crippen MR) is 70.6 cm³/mol. The molecule has 2 aromatic rings. The molecule has 21 heavy (non-hydrogen) atoms. The molecule has 0 heterocycles. The van der Waals surface area contributed by atoms with E-state index >= 15 is 0 Å². The van der Waals surface area contributed by atoms with E-state index in [2.05, 4.69) is 0 Å². The van der Waals surface area contributed by atoms with Gasteiger partial charge in [0.25, 0.3) is 0 Å². The number of hydrogen-bond donors (Lipinski definition) is 0. The van der Waals surface area contributed by atoms with Gasteiger partial charge in [0.2, 0.25) is 0 Å². The highest BCUT2D eigenvalue weighted by Crippen LogP contribution is 2.29. The summed E-state index contributed by atoms with van der Waals surface area (Å²) in [4.78, 5) is 12.0. The molecule has 0 aliphatic rings. The monoisotopic (exact) mass is 296 g/mol. The summed E-state index contributed by atoms with van der Waals surface area (Å²) in [6.45, 7) is 1.57. The molecule has 0 bridgehead atoms. The molecule has 0 amide bonds. The van der Waals surface area contributed by atoms with Crippen molar-refractivity contribution >= 4 is 5.78 Å². The van der Waals surface area contributed by atoms with E-state index in [1.54, 1.807) is 6.92 Å². The summed E-state index contributed by atoms with van der Waals surface area (Å²) in [7, 11) is 0. The van der Waals surface area contributed by atoms with Gasteiger partial charge in [0.1, 0.15) is 5.82 Å². The van der Waals surface area contributed by atoms with E-state index in [-0.39, 0.29) is 17.5 Å². The van der Waals surface area contributed by atoms with Crippen molar-refractivity contribution in [3.8, 4) is 0 Å². The number of carbonyl (C=O) groups is 1. The lowest BCUT2D eigenvalue weighted by atomic mass is 10.0. The highest BCUT2D eigenvalue weighted by Gasteiger charge is 2.30. The molecule has 2 aromatic carbocycles. The highest BCUT2D eigenvalue weighted by atomic mass is 19.4. The normalized spacial score (nSPS) is 11.5. The van der Waals surface area contributed by atoms with Crippen LogP contribution in [0.5, 0.6) is 0 Å². The standard InChI is InChI=1S/C16H12F4O/c1-10-5-6-12(9-14(10)17)15(21)8-11-3-2-4-13(7-11)16(18,19)20/h2-7,9H,8H2,1H3. The van der Waals surface area contributed by atoms with Gasteiger partial charge in [-0.05, 0) is 30.2 Å². The fourth-order valence-electron chi connectivity index (χ4n) is 1.91. The number of carbonyl (C=O) groups excluding carboxylic acids is 1. The Morgan fingerprint density at radius 1 is 1.10 bits per heavy atom. The van der Waals surface area contributed by atoms with E-state index in [4.69, 9.17) is 0 Å². The van der Waals surface area contributed by atoms with Crippen LogP contribution in [0.25, 0.3) is 0 Å². The van der Waals surface area contributed by atoms with E-state index < -0.39 is 23.3 Å². The number of alkyl halides is 3. The Kier molecular flexibility index (Phi) is 4.11. The molecule has 5 heteroatoms. The van der Waals surface area contributed by atoms with Crippen molar-refractivity contribution in [1.82, 2.24) is 0 Å². The van der Waals surface area contributed by atoms with Crippen molar-refractivity contribution in [1.29, 1.82) is 0 Å². The second-order valence-corrected chi connectivity index (χ2v) is 4.76. The summed E-state index contributed by atoms with van der Waals surface area (Å²) in [5, 5.41) is 0. The average molecular weight is 296 g/mol. The van der Waals surface area contributed by atoms with Gasteiger partial charge in [-0.25, -0.2) is 4.39 Å². The van der Waals surface area contributed by atoms with Crippen LogP contribution in [0.2, 0.25) is 0 Å². The number of benzene rings is 2. The Hall–Kier alpha value is -2.17. The Morgan fingerprint density at radius 2 is 1.81 bits per heavy atom. The third-order valence-electron chi connectivity index (χ3n) is 3.11. The smallest absolute Gasteiger partial charge is 0.294 e. The van der Waals surface area contributed by atoms with Gasteiger partial charge in [-0.15, -0.1) is 0 Å². The van der Waals surface area contributed by atoms with E-state index in [9.17, 15) is 22.4 Å². The molecule has 0 atom stereocenters. The number of halogens is 4. The predicted octanol–water partition coefficient (Wildman–Crippen LogP) is 4.58. The zero-order chi connectivity index (χ0) is 15.6. The Balaban J connectivity index is 2.21. The van der Waals surface area contributed by atoms with Crippen molar-refractivity contribution < 1.29 is 22.4 Å². The van der Waals surface area contributed by atoms with Crippen LogP contribution < -0.4 is 0 Å².